The summed E-state index contributed by atoms with van der Waals surface area (Å²) in [5.41, 5.74) is 0. The quantitative estimate of drug-likeness (QED) is 0.170. The highest BCUT2D eigenvalue weighted by Crippen LogP contribution is 2.24. The molecule has 27 heavy (non-hydrogen) atoms. The van der Waals surface area contributed by atoms with Gasteiger partial charge in [0.15, 0.2) is 6.17 Å². The molecule has 0 amide bonds. The van der Waals surface area contributed by atoms with Gasteiger partial charge in [-0.05, 0) is 39.0 Å². The topological polar surface area (TPSA) is 32.6 Å². The van der Waals surface area contributed by atoms with Crippen LogP contribution >= 0.6 is 0 Å². The number of hydrogen-bond acceptors (Lipinski definition) is 2. The van der Waals surface area contributed by atoms with Gasteiger partial charge < -0.3 is 5.11 Å². The summed E-state index contributed by atoms with van der Waals surface area (Å²) in [5, 5.41) is 9.37. The number of aliphatic hydroxyl groups is 1. The van der Waals surface area contributed by atoms with Crippen molar-refractivity contribution >= 4 is 6.21 Å². The van der Waals surface area contributed by atoms with Crippen LogP contribution in [0.2, 0.25) is 0 Å². The maximum absolute atomic E-state index is 9.37. The highest BCUT2D eigenvalue weighted by atomic mass is 16.3. The van der Waals surface area contributed by atoms with Gasteiger partial charge in [-0.15, -0.1) is 0 Å². The number of rotatable bonds is 18. The zero-order valence-corrected chi connectivity index (χ0v) is 18.4. The van der Waals surface area contributed by atoms with Gasteiger partial charge in [0.2, 0.25) is 0 Å². The normalized spacial score (nSPS) is 22.3. The fourth-order valence-corrected chi connectivity index (χ4v) is 4.28. The summed E-state index contributed by atoms with van der Waals surface area (Å²) >= 11 is 0. The van der Waals surface area contributed by atoms with Gasteiger partial charge in [-0.25, -0.2) is 4.99 Å². The molecule has 0 aromatic heterocycles. The van der Waals surface area contributed by atoms with Crippen LogP contribution in [0, 0.1) is 0 Å². The maximum Gasteiger partial charge on any atom is 0.182 e. The number of unbranched alkanes of at least 4 members (excludes halogenated alkanes) is 11. The molecule has 2 atom stereocenters. The van der Waals surface area contributed by atoms with Gasteiger partial charge in [-0.3, -0.25) is 4.48 Å². The Kier molecular flexibility index (Phi) is 14.7. The molecule has 1 heterocycles. The van der Waals surface area contributed by atoms with Crippen LogP contribution in [0.4, 0.5) is 0 Å². The van der Waals surface area contributed by atoms with Crippen molar-refractivity contribution in [2.45, 2.75) is 110 Å². The van der Waals surface area contributed by atoms with Gasteiger partial charge in [0.05, 0.1) is 19.4 Å². The number of aliphatic hydroxyl groups excluding tert-OH is 1. The summed E-state index contributed by atoms with van der Waals surface area (Å²) in [6.45, 7) is 7.73. The number of allylic oxidation sites excluding steroid dienone is 2. The van der Waals surface area contributed by atoms with Crippen LogP contribution in [0.25, 0.3) is 0 Å². The third-order valence-electron chi connectivity index (χ3n) is 6.25. The Bertz CT molecular complexity index is 394. The molecule has 158 valence electrons. The molecule has 1 aliphatic heterocycles. The van der Waals surface area contributed by atoms with Gasteiger partial charge in [-0.2, -0.15) is 0 Å². The van der Waals surface area contributed by atoms with Crippen LogP contribution in [0.15, 0.2) is 17.1 Å². The van der Waals surface area contributed by atoms with Crippen LogP contribution in [0.3, 0.4) is 0 Å². The highest BCUT2D eigenvalue weighted by Gasteiger charge is 2.36. The maximum atomic E-state index is 9.37. The first kappa shape index (κ1) is 24.4. The average Bonchev–Trinajstić information content (AvgIpc) is 3.08. The molecule has 0 aromatic rings. The molecule has 1 rings (SSSR count). The van der Waals surface area contributed by atoms with E-state index in [1.807, 2.05) is 0 Å². The first-order chi connectivity index (χ1) is 13.3. The van der Waals surface area contributed by atoms with Gasteiger partial charge >= 0.3 is 0 Å². The van der Waals surface area contributed by atoms with E-state index in [9.17, 15) is 5.11 Å². The molecule has 0 saturated carbocycles. The lowest BCUT2D eigenvalue weighted by atomic mass is 10.1. The predicted octanol–water partition coefficient (Wildman–Crippen LogP) is 6.26. The van der Waals surface area contributed by atoms with Crippen LogP contribution in [-0.2, 0) is 0 Å². The molecule has 0 aliphatic carbocycles. The Morgan fingerprint density at radius 3 is 2.07 bits per heavy atom. The zero-order valence-electron chi connectivity index (χ0n) is 18.4. The fraction of sp³-hybridized carbons (Fsp3) is 0.875. The molecule has 0 saturated heterocycles. The lowest BCUT2D eigenvalue weighted by Crippen LogP contribution is -2.53. The second-order valence-corrected chi connectivity index (χ2v) is 8.35. The summed E-state index contributed by atoms with van der Waals surface area (Å²) in [6.07, 6.45) is 26.1. The third kappa shape index (κ3) is 10.4. The van der Waals surface area contributed by atoms with Crippen molar-refractivity contribution in [2.75, 3.05) is 26.2 Å². The second kappa shape index (κ2) is 16.3. The first-order valence-electron chi connectivity index (χ1n) is 11.9. The summed E-state index contributed by atoms with van der Waals surface area (Å²) in [6, 6.07) is 0. The molecule has 3 nitrogen and oxygen atoms in total. The number of quaternary nitrogens is 1. The van der Waals surface area contributed by atoms with E-state index in [-0.39, 0.29) is 6.61 Å². The lowest BCUT2D eigenvalue weighted by Gasteiger charge is -2.37. The smallest absolute Gasteiger partial charge is 0.182 e. The molecule has 1 N–H and O–H groups in total. The SMILES string of the molecule is CCCCCCCCC/C=C/CCCCCCC1N=CC[N+]1(CC)CCO. The molecule has 2 unspecified atom stereocenters. The molecule has 3 heteroatoms. The standard InChI is InChI=1S/C24H47N2O/c1-3-5-6-7-8-9-10-11-12-13-14-15-16-17-18-19-24-25-20-21-26(24,4-2)22-23-27/h12-13,20,24,27H,3-11,14-19,21-23H2,1-2H3/q+1/b13-12+. The Morgan fingerprint density at radius 1 is 0.889 bits per heavy atom. The molecule has 0 aromatic carbocycles. The lowest BCUT2D eigenvalue weighted by molar-refractivity contribution is -0.936. The van der Waals surface area contributed by atoms with Crippen LogP contribution in [0.1, 0.15) is 104 Å². The molecular weight excluding hydrogens is 332 g/mol. The van der Waals surface area contributed by atoms with Crippen LogP contribution < -0.4 is 0 Å². The Morgan fingerprint density at radius 2 is 1.48 bits per heavy atom. The van der Waals surface area contributed by atoms with E-state index in [1.54, 1.807) is 0 Å². The van der Waals surface area contributed by atoms with E-state index in [0.29, 0.717) is 6.17 Å². The molecule has 0 fully saturated rings. The largest absolute Gasteiger partial charge is 0.391 e. The van der Waals surface area contributed by atoms with E-state index in [0.717, 1.165) is 24.1 Å². The number of aliphatic imine (C=N–C) groups is 1. The third-order valence-corrected chi connectivity index (χ3v) is 6.25. The monoisotopic (exact) mass is 379 g/mol. The number of nitrogens with zero attached hydrogens (tertiary/aromatic N) is 2. The summed E-state index contributed by atoms with van der Waals surface area (Å²) < 4.78 is 0.970. The van der Waals surface area contributed by atoms with Crippen molar-refractivity contribution in [1.82, 2.24) is 0 Å². The zero-order chi connectivity index (χ0) is 19.6. The van der Waals surface area contributed by atoms with E-state index < -0.39 is 0 Å². The van der Waals surface area contributed by atoms with Crippen molar-refractivity contribution in [3.8, 4) is 0 Å². The van der Waals surface area contributed by atoms with Gasteiger partial charge in [0.1, 0.15) is 13.1 Å². The minimum atomic E-state index is 0.277. The first-order valence-corrected chi connectivity index (χ1v) is 11.9. The van der Waals surface area contributed by atoms with Gasteiger partial charge in [-0.1, -0.05) is 70.4 Å². The van der Waals surface area contributed by atoms with Crippen molar-refractivity contribution in [1.29, 1.82) is 0 Å². The number of likely N-dealkylation sites (N-methyl/N-ethyl adjacent to an activating group) is 1. The molecule has 1 aliphatic rings. The minimum Gasteiger partial charge on any atom is -0.391 e. The van der Waals surface area contributed by atoms with Crippen LogP contribution in [0.5, 0.6) is 0 Å². The van der Waals surface area contributed by atoms with Crippen LogP contribution in [-0.4, -0.2) is 48.2 Å². The van der Waals surface area contributed by atoms with Gasteiger partial charge in [0.25, 0.3) is 0 Å². The highest BCUT2D eigenvalue weighted by molar-refractivity contribution is 5.60. The van der Waals surface area contributed by atoms with E-state index in [2.05, 4.69) is 32.2 Å². The van der Waals surface area contributed by atoms with Crippen molar-refractivity contribution in [2.24, 2.45) is 4.99 Å². The molecule has 0 bridgehead atoms. The Hall–Kier alpha value is -0.670. The molecule has 0 spiro atoms. The van der Waals surface area contributed by atoms with Crippen molar-refractivity contribution in [3.05, 3.63) is 12.2 Å². The fourth-order valence-electron chi connectivity index (χ4n) is 4.28. The van der Waals surface area contributed by atoms with E-state index >= 15 is 0 Å². The summed E-state index contributed by atoms with van der Waals surface area (Å²) in [7, 11) is 0. The van der Waals surface area contributed by atoms with Crippen molar-refractivity contribution in [3.63, 3.8) is 0 Å². The Balaban J connectivity index is 1.93. The molecule has 0 radical (unpaired) electrons. The Labute approximate surface area is 169 Å². The second-order valence-electron chi connectivity index (χ2n) is 8.35. The number of hydrogen-bond donors (Lipinski definition) is 1. The molecular formula is C24H47N2O+. The van der Waals surface area contributed by atoms with Gasteiger partial charge in [0, 0.05) is 6.42 Å². The van der Waals surface area contributed by atoms with E-state index in [4.69, 9.17) is 4.99 Å². The predicted molar refractivity (Wildman–Crippen MR) is 119 cm³/mol. The average molecular weight is 380 g/mol. The minimum absolute atomic E-state index is 0.277. The van der Waals surface area contributed by atoms with Crippen molar-refractivity contribution < 1.29 is 9.59 Å². The summed E-state index contributed by atoms with van der Waals surface area (Å²) in [5.74, 6) is 0. The van der Waals surface area contributed by atoms with E-state index in [1.165, 1.54) is 89.9 Å². The summed E-state index contributed by atoms with van der Waals surface area (Å²) in [4.78, 5) is 4.71.